The zero-order chi connectivity index (χ0) is 17.8. The third kappa shape index (κ3) is 4.09. The number of nitrogens with one attached hydrogen (secondary N) is 1. The maximum absolute atomic E-state index is 12.0. The maximum atomic E-state index is 12.0. The number of esters is 1. The van der Waals surface area contributed by atoms with Gasteiger partial charge in [0, 0.05) is 9.86 Å². The molecule has 0 bridgehead atoms. The lowest BCUT2D eigenvalue weighted by Gasteiger charge is -2.15. The molecular weight excluding hydrogens is 386 g/mol. The molecule has 128 valence electrons. The summed E-state index contributed by atoms with van der Waals surface area (Å²) in [4.78, 5) is 24.0. The number of carbonyl (C=O) groups is 2. The van der Waals surface area contributed by atoms with Gasteiger partial charge < -0.3 is 14.5 Å². The van der Waals surface area contributed by atoms with Crippen molar-refractivity contribution in [2.75, 3.05) is 6.61 Å². The van der Waals surface area contributed by atoms with E-state index in [4.69, 9.17) is 9.15 Å². The van der Waals surface area contributed by atoms with Crippen LogP contribution in [0.4, 0.5) is 0 Å². The Hall–Kier alpha value is -2.60. The Morgan fingerprint density at radius 1 is 1.16 bits per heavy atom. The molecular formula is C19H16BrNO4. The molecule has 0 saturated heterocycles. The Bertz CT molecular complexity index is 885. The van der Waals surface area contributed by atoms with Gasteiger partial charge in [0.1, 0.15) is 5.58 Å². The molecule has 0 radical (unpaired) electrons. The number of rotatable bonds is 5. The fourth-order valence-corrected chi connectivity index (χ4v) is 3.10. The van der Waals surface area contributed by atoms with Crippen LogP contribution in [-0.4, -0.2) is 18.5 Å². The number of hydrogen-bond donors (Lipinski definition) is 1. The summed E-state index contributed by atoms with van der Waals surface area (Å²) in [6.45, 7) is 1.49. The van der Waals surface area contributed by atoms with Crippen LogP contribution in [0.5, 0.6) is 0 Å². The average Bonchev–Trinajstić information content (AvgIpc) is 3.04. The molecule has 0 aliphatic heterocycles. The fraction of sp³-hybridized carbons (Fsp3) is 0.158. The van der Waals surface area contributed by atoms with E-state index in [1.54, 1.807) is 12.1 Å². The van der Waals surface area contributed by atoms with E-state index >= 15 is 0 Å². The first-order valence-electron chi connectivity index (χ1n) is 7.74. The monoisotopic (exact) mass is 401 g/mol. The van der Waals surface area contributed by atoms with Crippen LogP contribution in [0.15, 0.2) is 63.5 Å². The highest BCUT2D eigenvalue weighted by Crippen LogP contribution is 2.22. The van der Waals surface area contributed by atoms with Crippen LogP contribution in [0, 0.1) is 0 Å². The molecule has 0 fully saturated rings. The minimum Gasteiger partial charge on any atom is -0.450 e. The third-order valence-corrected chi connectivity index (χ3v) is 4.43. The summed E-state index contributed by atoms with van der Waals surface area (Å²) in [5.74, 6) is -0.972. The number of ether oxygens (including phenoxy) is 1. The molecule has 3 rings (SSSR count). The molecule has 25 heavy (non-hydrogen) atoms. The molecule has 0 unspecified atom stereocenters. The van der Waals surface area contributed by atoms with Gasteiger partial charge >= 0.3 is 5.97 Å². The van der Waals surface area contributed by atoms with Gasteiger partial charge in [-0.15, -0.1) is 0 Å². The number of amides is 1. The minimum atomic E-state index is -0.667. The van der Waals surface area contributed by atoms with Gasteiger partial charge in [-0.25, -0.2) is 4.79 Å². The molecule has 1 amide bonds. The number of carbonyl (C=O) groups excluding carboxylic acids is 2. The zero-order valence-electron chi connectivity index (χ0n) is 13.5. The van der Waals surface area contributed by atoms with Crippen molar-refractivity contribution in [3.8, 4) is 0 Å². The predicted octanol–water partition coefficient (Wildman–Crippen LogP) is 4.23. The van der Waals surface area contributed by atoms with E-state index in [1.165, 1.54) is 0 Å². The van der Waals surface area contributed by atoms with Crippen LogP contribution in [-0.2, 0) is 9.53 Å². The summed E-state index contributed by atoms with van der Waals surface area (Å²) in [6, 6.07) is 16.3. The van der Waals surface area contributed by atoms with E-state index in [-0.39, 0.29) is 24.3 Å². The number of halogens is 1. The van der Waals surface area contributed by atoms with E-state index < -0.39 is 5.97 Å². The van der Waals surface area contributed by atoms with E-state index in [0.29, 0.717) is 5.58 Å². The molecule has 0 aliphatic rings. The fourth-order valence-electron chi connectivity index (χ4n) is 2.47. The van der Waals surface area contributed by atoms with Gasteiger partial charge in [0.2, 0.25) is 5.76 Å². The van der Waals surface area contributed by atoms with E-state index in [0.717, 1.165) is 15.4 Å². The molecule has 0 saturated carbocycles. The van der Waals surface area contributed by atoms with Gasteiger partial charge in [0.25, 0.3) is 5.91 Å². The molecule has 0 spiro atoms. The van der Waals surface area contributed by atoms with Crippen molar-refractivity contribution in [2.45, 2.75) is 13.0 Å². The second-order valence-corrected chi connectivity index (χ2v) is 6.39. The topological polar surface area (TPSA) is 68.5 Å². The second kappa shape index (κ2) is 7.53. The molecule has 1 heterocycles. The summed E-state index contributed by atoms with van der Waals surface area (Å²) in [5.41, 5.74) is 1.54. The summed E-state index contributed by atoms with van der Waals surface area (Å²) < 4.78 is 11.4. The molecule has 5 nitrogen and oxygen atoms in total. The summed E-state index contributed by atoms with van der Waals surface area (Å²) in [5, 5.41) is 3.60. The van der Waals surface area contributed by atoms with Crippen LogP contribution in [0.3, 0.4) is 0 Å². The quantitative estimate of drug-likeness (QED) is 0.649. The normalized spacial score (nSPS) is 11.9. The minimum absolute atomic E-state index is 0.0767. The van der Waals surface area contributed by atoms with Crippen LogP contribution in [0.2, 0.25) is 0 Å². The van der Waals surface area contributed by atoms with Crippen molar-refractivity contribution in [3.05, 3.63) is 70.4 Å². The van der Waals surface area contributed by atoms with Crippen LogP contribution in [0.1, 0.15) is 29.1 Å². The van der Waals surface area contributed by atoms with Crippen molar-refractivity contribution in [3.63, 3.8) is 0 Å². The Kier molecular flexibility index (Phi) is 5.19. The van der Waals surface area contributed by atoms with Crippen molar-refractivity contribution >= 4 is 38.8 Å². The Morgan fingerprint density at radius 2 is 1.88 bits per heavy atom. The molecule has 1 N–H and O–H groups in total. The summed E-state index contributed by atoms with van der Waals surface area (Å²) in [7, 11) is 0. The van der Waals surface area contributed by atoms with Crippen LogP contribution >= 0.6 is 15.9 Å². The molecule has 3 aromatic rings. The molecule has 6 heteroatoms. The number of hydrogen-bond acceptors (Lipinski definition) is 4. The number of benzene rings is 2. The predicted molar refractivity (Wildman–Crippen MR) is 97.2 cm³/mol. The van der Waals surface area contributed by atoms with Gasteiger partial charge in [0.15, 0.2) is 6.61 Å². The van der Waals surface area contributed by atoms with Gasteiger partial charge in [-0.05, 0) is 30.7 Å². The van der Waals surface area contributed by atoms with Gasteiger partial charge in [0.05, 0.1) is 6.04 Å². The maximum Gasteiger partial charge on any atom is 0.374 e. The smallest absolute Gasteiger partial charge is 0.374 e. The summed E-state index contributed by atoms with van der Waals surface area (Å²) >= 11 is 3.45. The van der Waals surface area contributed by atoms with Crippen molar-refractivity contribution < 1.29 is 18.7 Å². The highest BCUT2D eigenvalue weighted by molar-refractivity contribution is 9.10. The lowest BCUT2D eigenvalue weighted by atomic mass is 10.1. The number of furan rings is 1. The molecule has 0 aliphatic carbocycles. The lowest BCUT2D eigenvalue weighted by molar-refractivity contribution is -0.124. The molecule has 1 aromatic heterocycles. The van der Waals surface area contributed by atoms with Gasteiger partial charge in [-0.3, -0.25) is 4.79 Å². The van der Waals surface area contributed by atoms with E-state index in [2.05, 4.69) is 21.2 Å². The Labute approximate surface area is 153 Å². The first kappa shape index (κ1) is 17.2. The highest BCUT2D eigenvalue weighted by Gasteiger charge is 2.17. The SMILES string of the molecule is C[C@H](NC(=O)COC(=O)c1cc2ccccc2o1)c1ccccc1Br. The standard InChI is InChI=1S/C19H16BrNO4/c1-12(14-7-3-4-8-15(14)20)21-18(22)11-24-19(23)17-10-13-6-2-5-9-16(13)25-17/h2-10,12H,11H2,1H3,(H,21,22)/t12-/m0/s1. The molecule has 1 atom stereocenters. The largest absolute Gasteiger partial charge is 0.450 e. The van der Waals surface area contributed by atoms with Crippen LogP contribution in [0.25, 0.3) is 11.0 Å². The van der Waals surface area contributed by atoms with E-state index in [9.17, 15) is 9.59 Å². The zero-order valence-corrected chi connectivity index (χ0v) is 15.1. The first-order valence-corrected chi connectivity index (χ1v) is 8.53. The first-order chi connectivity index (χ1) is 12.0. The van der Waals surface area contributed by atoms with Crippen molar-refractivity contribution in [2.24, 2.45) is 0 Å². The lowest BCUT2D eigenvalue weighted by Crippen LogP contribution is -2.31. The van der Waals surface area contributed by atoms with Gasteiger partial charge in [-0.1, -0.05) is 52.3 Å². The second-order valence-electron chi connectivity index (χ2n) is 5.54. The Morgan fingerprint density at radius 3 is 2.64 bits per heavy atom. The van der Waals surface area contributed by atoms with Crippen molar-refractivity contribution in [1.82, 2.24) is 5.32 Å². The van der Waals surface area contributed by atoms with E-state index in [1.807, 2.05) is 49.4 Å². The molecule has 2 aromatic carbocycles. The number of fused-ring (bicyclic) bond motifs is 1. The van der Waals surface area contributed by atoms with Crippen LogP contribution < -0.4 is 5.32 Å². The van der Waals surface area contributed by atoms with Crippen molar-refractivity contribution in [1.29, 1.82) is 0 Å². The average molecular weight is 402 g/mol. The third-order valence-electron chi connectivity index (χ3n) is 3.71. The highest BCUT2D eigenvalue weighted by atomic mass is 79.9. The Balaban J connectivity index is 1.56. The van der Waals surface area contributed by atoms with Gasteiger partial charge in [-0.2, -0.15) is 0 Å². The number of para-hydroxylation sites is 1. The summed E-state index contributed by atoms with van der Waals surface area (Å²) in [6.07, 6.45) is 0.